The van der Waals surface area contributed by atoms with Crippen LogP contribution in [-0.2, 0) is 0 Å². The molecule has 0 aliphatic rings. The molecular formula is C8H12ClN3O3. The zero-order chi connectivity index (χ0) is 10.7. The maximum atomic E-state index is 10.5. The molecule has 0 aliphatic heterocycles. The molecule has 1 aromatic carbocycles. The summed E-state index contributed by atoms with van der Waals surface area (Å²) in [6, 6.07) is 3.53. The molecule has 0 aliphatic carbocycles. The summed E-state index contributed by atoms with van der Waals surface area (Å²) in [5, 5.41) is 19.6. The predicted octanol–water partition coefficient (Wildman–Crippen LogP) is 0.681. The summed E-state index contributed by atoms with van der Waals surface area (Å²) in [7, 11) is 0. The predicted molar refractivity (Wildman–Crippen MR) is 58.0 cm³/mol. The fourth-order valence-corrected chi connectivity index (χ4v) is 1.05. The zero-order valence-corrected chi connectivity index (χ0v) is 8.61. The normalized spacial score (nSPS) is 11.6. The number of phenols is 1. The molecule has 15 heavy (non-hydrogen) atoms. The van der Waals surface area contributed by atoms with Gasteiger partial charge in [0.05, 0.1) is 4.92 Å². The van der Waals surface area contributed by atoms with E-state index < -0.39 is 11.0 Å². The topological polar surface area (TPSA) is 115 Å². The van der Waals surface area contributed by atoms with E-state index in [0.717, 1.165) is 0 Å². The summed E-state index contributed by atoms with van der Waals surface area (Å²) >= 11 is 0. The average Bonchev–Trinajstić information content (AvgIpc) is 2.17. The van der Waals surface area contributed by atoms with Crippen LogP contribution in [0.2, 0.25) is 0 Å². The number of aromatic hydroxyl groups is 1. The van der Waals surface area contributed by atoms with Gasteiger partial charge in [-0.15, -0.1) is 12.4 Å². The van der Waals surface area contributed by atoms with Gasteiger partial charge in [0.25, 0.3) is 0 Å². The van der Waals surface area contributed by atoms with E-state index >= 15 is 0 Å². The Morgan fingerprint density at radius 1 is 1.53 bits per heavy atom. The monoisotopic (exact) mass is 233 g/mol. The molecular weight excluding hydrogens is 222 g/mol. The molecule has 0 spiro atoms. The third kappa shape index (κ3) is 3.05. The van der Waals surface area contributed by atoms with Crippen LogP contribution in [0.25, 0.3) is 0 Å². The minimum absolute atomic E-state index is 0. The van der Waals surface area contributed by atoms with Gasteiger partial charge in [-0.3, -0.25) is 10.1 Å². The zero-order valence-electron chi connectivity index (χ0n) is 7.79. The molecule has 0 saturated carbocycles. The number of nitrogens with zero attached hydrogens (tertiary/aromatic N) is 1. The smallest absolute Gasteiger partial charge is 0.311 e. The van der Waals surface area contributed by atoms with Gasteiger partial charge in [0.1, 0.15) is 0 Å². The summed E-state index contributed by atoms with van der Waals surface area (Å²) in [5.41, 5.74) is 11.1. The van der Waals surface area contributed by atoms with Crippen LogP contribution >= 0.6 is 12.4 Å². The van der Waals surface area contributed by atoms with E-state index in [-0.39, 0.29) is 30.4 Å². The van der Waals surface area contributed by atoms with Gasteiger partial charge in [-0.1, -0.05) is 6.07 Å². The van der Waals surface area contributed by atoms with Crippen LogP contribution in [0.15, 0.2) is 18.2 Å². The average molecular weight is 234 g/mol. The first-order valence-corrected chi connectivity index (χ1v) is 3.99. The van der Waals surface area contributed by atoms with Crippen molar-refractivity contribution in [3.05, 3.63) is 33.9 Å². The number of phenolic OH excluding ortho intramolecular Hbond substituents is 1. The van der Waals surface area contributed by atoms with Crippen molar-refractivity contribution in [2.75, 3.05) is 6.54 Å². The SMILES string of the molecule is Cl.NC[C@H](N)c1ccc(O)c([N+](=O)[O-])c1. The van der Waals surface area contributed by atoms with Gasteiger partial charge < -0.3 is 16.6 Å². The number of nitro groups is 1. The van der Waals surface area contributed by atoms with Crippen molar-refractivity contribution in [3.8, 4) is 5.75 Å². The largest absolute Gasteiger partial charge is 0.502 e. The second-order valence-corrected chi connectivity index (χ2v) is 2.85. The Morgan fingerprint density at radius 3 is 2.60 bits per heavy atom. The summed E-state index contributed by atoms with van der Waals surface area (Å²) in [4.78, 5) is 9.79. The standard InChI is InChI=1S/C8H11N3O3.ClH/c9-4-6(10)5-1-2-8(12)7(3-5)11(13)14;/h1-3,6,12H,4,9-10H2;1H/t6-;/m0./s1. The van der Waals surface area contributed by atoms with E-state index in [2.05, 4.69) is 0 Å². The molecule has 6 nitrogen and oxygen atoms in total. The number of hydrogen-bond donors (Lipinski definition) is 3. The number of hydrogen-bond acceptors (Lipinski definition) is 5. The molecule has 1 rings (SSSR count). The van der Waals surface area contributed by atoms with Gasteiger partial charge in [0, 0.05) is 18.7 Å². The van der Waals surface area contributed by atoms with Crippen LogP contribution in [0.3, 0.4) is 0 Å². The van der Waals surface area contributed by atoms with Gasteiger partial charge in [0.2, 0.25) is 0 Å². The van der Waals surface area contributed by atoms with Crippen LogP contribution in [0.1, 0.15) is 11.6 Å². The lowest BCUT2D eigenvalue weighted by atomic mass is 10.1. The summed E-state index contributed by atoms with van der Waals surface area (Å²) in [6.07, 6.45) is 0. The first kappa shape index (κ1) is 13.6. The molecule has 0 unspecified atom stereocenters. The lowest BCUT2D eigenvalue weighted by Crippen LogP contribution is -2.20. The lowest BCUT2D eigenvalue weighted by molar-refractivity contribution is -0.385. The first-order chi connectivity index (χ1) is 6.56. The number of halogens is 1. The van der Waals surface area contributed by atoms with Crippen LogP contribution in [0.5, 0.6) is 5.75 Å². The molecule has 1 atom stereocenters. The Kier molecular flexibility index (Phi) is 4.99. The van der Waals surface area contributed by atoms with Crippen LogP contribution in [-0.4, -0.2) is 16.6 Å². The Balaban J connectivity index is 0.00000196. The summed E-state index contributed by atoms with van der Waals surface area (Å²) in [6.45, 7) is 0.196. The Morgan fingerprint density at radius 2 is 2.13 bits per heavy atom. The third-order valence-electron chi connectivity index (χ3n) is 1.88. The number of benzene rings is 1. The van der Waals surface area contributed by atoms with Crippen molar-refractivity contribution in [1.29, 1.82) is 0 Å². The minimum atomic E-state index is -0.665. The van der Waals surface area contributed by atoms with E-state index in [1.807, 2.05) is 0 Å². The Bertz CT molecular complexity index is 359. The molecule has 1 aromatic rings. The van der Waals surface area contributed by atoms with Gasteiger partial charge in [-0.25, -0.2) is 0 Å². The van der Waals surface area contributed by atoms with Crippen molar-refractivity contribution in [1.82, 2.24) is 0 Å². The highest BCUT2D eigenvalue weighted by molar-refractivity contribution is 5.85. The molecule has 0 saturated heterocycles. The number of nitro benzene ring substituents is 1. The molecule has 0 aromatic heterocycles. The van der Waals surface area contributed by atoms with Crippen molar-refractivity contribution in [2.24, 2.45) is 11.5 Å². The molecule has 0 heterocycles. The van der Waals surface area contributed by atoms with Gasteiger partial charge in [-0.05, 0) is 11.6 Å². The van der Waals surface area contributed by atoms with E-state index in [0.29, 0.717) is 5.56 Å². The van der Waals surface area contributed by atoms with Gasteiger partial charge >= 0.3 is 5.69 Å². The molecule has 0 bridgehead atoms. The fraction of sp³-hybridized carbons (Fsp3) is 0.250. The molecule has 0 amide bonds. The maximum absolute atomic E-state index is 10.5. The van der Waals surface area contributed by atoms with Gasteiger partial charge in [-0.2, -0.15) is 0 Å². The van der Waals surface area contributed by atoms with Crippen LogP contribution in [0.4, 0.5) is 5.69 Å². The van der Waals surface area contributed by atoms with Crippen molar-refractivity contribution in [3.63, 3.8) is 0 Å². The maximum Gasteiger partial charge on any atom is 0.311 e. The molecule has 7 heteroatoms. The fourth-order valence-electron chi connectivity index (χ4n) is 1.05. The highest BCUT2D eigenvalue weighted by Crippen LogP contribution is 2.27. The van der Waals surface area contributed by atoms with Crippen molar-refractivity contribution < 1.29 is 10.0 Å². The summed E-state index contributed by atoms with van der Waals surface area (Å²) < 4.78 is 0. The molecule has 0 fully saturated rings. The third-order valence-corrected chi connectivity index (χ3v) is 1.88. The van der Waals surface area contributed by atoms with Crippen LogP contribution in [0, 0.1) is 10.1 Å². The number of rotatable bonds is 3. The quantitative estimate of drug-likeness (QED) is 0.525. The molecule has 0 radical (unpaired) electrons. The molecule has 5 N–H and O–H groups in total. The van der Waals surface area contributed by atoms with E-state index in [9.17, 15) is 10.1 Å². The Hall–Kier alpha value is -1.37. The minimum Gasteiger partial charge on any atom is -0.502 e. The van der Waals surface area contributed by atoms with Crippen LogP contribution < -0.4 is 11.5 Å². The van der Waals surface area contributed by atoms with E-state index in [4.69, 9.17) is 16.6 Å². The second-order valence-electron chi connectivity index (χ2n) is 2.85. The molecule has 84 valence electrons. The van der Waals surface area contributed by atoms with E-state index in [1.165, 1.54) is 18.2 Å². The first-order valence-electron chi connectivity index (χ1n) is 3.99. The van der Waals surface area contributed by atoms with Crippen molar-refractivity contribution in [2.45, 2.75) is 6.04 Å². The Labute approximate surface area is 92.4 Å². The number of nitrogens with two attached hydrogens (primary N) is 2. The lowest BCUT2D eigenvalue weighted by Gasteiger charge is -2.08. The van der Waals surface area contributed by atoms with Crippen molar-refractivity contribution >= 4 is 18.1 Å². The summed E-state index contributed by atoms with van der Waals surface area (Å²) in [5.74, 6) is -0.372. The second kappa shape index (κ2) is 5.50. The van der Waals surface area contributed by atoms with Gasteiger partial charge in [0.15, 0.2) is 5.75 Å². The highest BCUT2D eigenvalue weighted by Gasteiger charge is 2.15. The highest BCUT2D eigenvalue weighted by atomic mass is 35.5. The van der Waals surface area contributed by atoms with E-state index in [1.54, 1.807) is 0 Å².